The molecule has 3 nitrogen and oxygen atoms in total. The largest absolute Gasteiger partial charge is 0.406 e. The number of carbonyl (C=O) groups is 1. The zero-order chi connectivity index (χ0) is 17.6. The Morgan fingerprint density at radius 3 is 2.42 bits per heavy atom. The molecule has 1 aliphatic rings. The number of benzene rings is 1. The van der Waals surface area contributed by atoms with Gasteiger partial charge < -0.3 is 9.80 Å². The van der Waals surface area contributed by atoms with Gasteiger partial charge in [0.05, 0.1) is 0 Å². The number of alkyl halides is 3. The van der Waals surface area contributed by atoms with Gasteiger partial charge in [-0.2, -0.15) is 13.2 Å². The maximum absolute atomic E-state index is 12.8. The summed E-state index contributed by atoms with van der Waals surface area (Å²) < 4.78 is 38.4. The van der Waals surface area contributed by atoms with Crippen molar-refractivity contribution < 1.29 is 18.0 Å². The number of likely N-dealkylation sites (tertiary alicyclic amines) is 1. The van der Waals surface area contributed by atoms with Crippen LogP contribution < -0.4 is 0 Å². The van der Waals surface area contributed by atoms with Gasteiger partial charge in [0.15, 0.2) is 0 Å². The number of nitrogens with zero attached hydrogens (tertiary/aromatic N) is 2. The van der Waals surface area contributed by atoms with E-state index in [0.29, 0.717) is 12.3 Å². The first-order valence-corrected chi connectivity index (χ1v) is 8.40. The lowest BCUT2D eigenvalue weighted by atomic mass is 9.92. The van der Waals surface area contributed by atoms with Gasteiger partial charge >= 0.3 is 6.18 Å². The fourth-order valence-corrected chi connectivity index (χ4v) is 3.09. The van der Waals surface area contributed by atoms with Crippen molar-refractivity contribution in [2.75, 3.05) is 26.7 Å². The van der Waals surface area contributed by atoms with Crippen LogP contribution in [0.5, 0.6) is 0 Å². The molecule has 1 amide bonds. The second-order valence-corrected chi connectivity index (χ2v) is 6.64. The summed E-state index contributed by atoms with van der Waals surface area (Å²) in [5.41, 5.74) is 0.717. The van der Waals surface area contributed by atoms with Crippen molar-refractivity contribution in [1.29, 1.82) is 0 Å². The Bertz CT molecular complexity index is 511. The summed E-state index contributed by atoms with van der Waals surface area (Å²) in [7, 11) is 2.06. The Hall–Kier alpha value is -1.56. The van der Waals surface area contributed by atoms with E-state index in [0.717, 1.165) is 36.4 Å². The van der Waals surface area contributed by atoms with E-state index in [-0.39, 0.29) is 13.0 Å². The van der Waals surface area contributed by atoms with Gasteiger partial charge in [-0.05, 0) is 50.9 Å². The monoisotopic (exact) mass is 342 g/mol. The molecule has 0 aromatic heterocycles. The first-order valence-electron chi connectivity index (χ1n) is 8.40. The Kier molecular flexibility index (Phi) is 6.66. The van der Waals surface area contributed by atoms with Gasteiger partial charge in [-0.15, -0.1) is 0 Å². The summed E-state index contributed by atoms with van der Waals surface area (Å²) in [4.78, 5) is 15.5. The highest BCUT2D eigenvalue weighted by atomic mass is 19.4. The zero-order valence-electron chi connectivity index (χ0n) is 14.1. The van der Waals surface area contributed by atoms with Crippen LogP contribution in [0.15, 0.2) is 30.3 Å². The van der Waals surface area contributed by atoms with Gasteiger partial charge in [0, 0.05) is 13.0 Å². The molecule has 0 bridgehead atoms. The van der Waals surface area contributed by atoms with Crippen molar-refractivity contribution in [1.82, 2.24) is 9.80 Å². The Balaban J connectivity index is 1.91. The SMILES string of the molecule is CN1CCC(CCC(=O)N(Cc2ccccc2)CC(F)(F)F)CC1. The van der Waals surface area contributed by atoms with Crippen molar-refractivity contribution in [2.45, 2.75) is 38.4 Å². The smallest absolute Gasteiger partial charge is 0.329 e. The number of carbonyl (C=O) groups excluding carboxylic acids is 1. The average Bonchev–Trinajstić information content (AvgIpc) is 2.53. The third-order valence-corrected chi connectivity index (χ3v) is 4.54. The number of halogens is 3. The summed E-state index contributed by atoms with van der Waals surface area (Å²) in [6.45, 7) is 0.811. The lowest BCUT2D eigenvalue weighted by Crippen LogP contribution is -2.39. The molecule has 134 valence electrons. The number of amides is 1. The van der Waals surface area contributed by atoms with Crippen molar-refractivity contribution in [3.8, 4) is 0 Å². The van der Waals surface area contributed by atoms with E-state index >= 15 is 0 Å². The van der Waals surface area contributed by atoms with E-state index in [1.807, 2.05) is 0 Å². The van der Waals surface area contributed by atoms with Crippen molar-refractivity contribution in [3.05, 3.63) is 35.9 Å². The Labute approximate surface area is 141 Å². The van der Waals surface area contributed by atoms with E-state index in [2.05, 4.69) is 11.9 Å². The molecule has 1 heterocycles. The minimum absolute atomic E-state index is 0.00654. The first-order chi connectivity index (χ1) is 11.3. The highest BCUT2D eigenvalue weighted by molar-refractivity contribution is 5.76. The summed E-state index contributed by atoms with van der Waals surface area (Å²) in [5, 5.41) is 0. The van der Waals surface area contributed by atoms with Gasteiger partial charge in [0.1, 0.15) is 6.54 Å². The molecule has 0 saturated carbocycles. The molecular formula is C18H25F3N2O. The molecule has 0 atom stereocenters. The Morgan fingerprint density at radius 2 is 1.83 bits per heavy atom. The minimum atomic E-state index is -4.38. The van der Waals surface area contributed by atoms with Crippen LogP contribution >= 0.6 is 0 Å². The lowest BCUT2D eigenvalue weighted by Gasteiger charge is -2.30. The van der Waals surface area contributed by atoms with E-state index in [1.54, 1.807) is 30.3 Å². The molecule has 6 heteroatoms. The summed E-state index contributed by atoms with van der Waals surface area (Å²) in [5.74, 6) is 0.0321. The third kappa shape index (κ3) is 6.51. The van der Waals surface area contributed by atoms with E-state index < -0.39 is 18.6 Å². The maximum atomic E-state index is 12.8. The predicted molar refractivity (Wildman–Crippen MR) is 87.4 cm³/mol. The topological polar surface area (TPSA) is 23.6 Å². The molecule has 1 aromatic carbocycles. The first kappa shape index (κ1) is 18.8. The van der Waals surface area contributed by atoms with Crippen LogP contribution in [0.1, 0.15) is 31.2 Å². The Morgan fingerprint density at radius 1 is 1.21 bits per heavy atom. The number of hydrogen-bond acceptors (Lipinski definition) is 2. The lowest BCUT2D eigenvalue weighted by molar-refractivity contribution is -0.162. The fourth-order valence-electron chi connectivity index (χ4n) is 3.09. The number of hydrogen-bond donors (Lipinski definition) is 0. The molecule has 2 rings (SSSR count). The average molecular weight is 342 g/mol. The summed E-state index contributed by atoms with van der Waals surface area (Å²) in [6, 6.07) is 8.83. The molecule has 0 radical (unpaired) electrons. The summed E-state index contributed by atoms with van der Waals surface area (Å²) >= 11 is 0. The van der Waals surface area contributed by atoms with Crippen molar-refractivity contribution in [2.24, 2.45) is 5.92 Å². The summed E-state index contributed by atoms with van der Waals surface area (Å²) in [6.07, 6.45) is -1.48. The third-order valence-electron chi connectivity index (χ3n) is 4.54. The van der Waals surface area contributed by atoms with E-state index in [4.69, 9.17) is 0 Å². The predicted octanol–water partition coefficient (Wildman–Crippen LogP) is 3.70. The quantitative estimate of drug-likeness (QED) is 0.787. The minimum Gasteiger partial charge on any atom is -0.329 e. The van der Waals surface area contributed by atoms with E-state index in [9.17, 15) is 18.0 Å². The van der Waals surface area contributed by atoms with Crippen molar-refractivity contribution in [3.63, 3.8) is 0 Å². The van der Waals surface area contributed by atoms with Gasteiger partial charge in [0.25, 0.3) is 0 Å². The maximum Gasteiger partial charge on any atom is 0.406 e. The number of piperidine rings is 1. The van der Waals surface area contributed by atoms with Gasteiger partial charge in [-0.3, -0.25) is 4.79 Å². The second-order valence-electron chi connectivity index (χ2n) is 6.64. The van der Waals surface area contributed by atoms with Crippen LogP contribution in [-0.4, -0.2) is 48.6 Å². The number of rotatable bonds is 6. The highest BCUT2D eigenvalue weighted by Crippen LogP contribution is 2.23. The second kappa shape index (κ2) is 8.51. The van der Waals surface area contributed by atoms with Crippen LogP contribution in [0, 0.1) is 5.92 Å². The standard InChI is InChI=1S/C18H25F3N2O/c1-22-11-9-15(10-12-22)7-8-17(24)23(14-18(19,20)21)13-16-5-3-2-4-6-16/h2-6,15H,7-14H2,1H3. The van der Waals surface area contributed by atoms with Crippen LogP contribution in [0.25, 0.3) is 0 Å². The van der Waals surface area contributed by atoms with Crippen LogP contribution in [0.4, 0.5) is 13.2 Å². The molecule has 0 spiro atoms. The molecule has 1 saturated heterocycles. The van der Waals surface area contributed by atoms with E-state index in [1.165, 1.54) is 0 Å². The van der Waals surface area contributed by atoms with Crippen LogP contribution in [-0.2, 0) is 11.3 Å². The molecule has 0 unspecified atom stereocenters. The molecule has 0 aliphatic carbocycles. The zero-order valence-corrected chi connectivity index (χ0v) is 14.1. The van der Waals surface area contributed by atoms with Gasteiger partial charge in [0.2, 0.25) is 5.91 Å². The highest BCUT2D eigenvalue weighted by Gasteiger charge is 2.33. The van der Waals surface area contributed by atoms with Gasteiger partial charge in [-0.25, -0.2) is 0 Å². The molecule has 0 N–H and O–H groups in total. The molecule has 1 fully saturated rings. The van der Waals surface area contributed by atoms with Crippen LogP contribution in [0.3, 0.4) is 0 Å². The molecule has 24 heavy (non-hydrogen) atoms. The molecule has 1 aliphatic heterocycles. The normalized spacial score (nSPS) is 17.0. The van der Waals surface area contributed by atoms with Crippen molar-refractivity contribution >= 4 is 5.91 Å². The fraction of sp³-hybridized carbons (Fsp3) is 0.611. The molecule has 1 aromatic rings. The van der Waals surface area contributed by atoms with Gasteiger partial charge in [-0.1, -0.05) is 30.3 Å². The molecular weight excluding hydrogens is 317 g/mol. The van der Waals surface area contributed by atoms with Crippen LogP contribution in [0.2, 0.25) is 0 Å².